The summed E-state index contributed by atoms with van der Waals surface area (Å²) in [6.07, 6.45) is -2.45. The third-order valence-electron chi connectivity index (χ3n) is 4.20. The second kappa shape index (κ2) is 7.21. The Labute approximate surface area is 147 Å². The number of carbonyl (C=O) groups is 1. The van der Waals surface area contributed by atoms with Gasteiger partial charge in [-0.15, -0.1) is 0 Å². The molecule has 0 bridgehead atoms. The summed E-state index contributed by atoms with van der Waals surface area (Å²) in [5, 5.41) is 13.2. The molecule has 4 nitrogen and oxygen atoms in total. The zero-order chi connectivity index (χ0) is 18.7. The van der Waals surface area contributed by atoms with Crippen molar-refractivity contribution in [1.82, 2.24) is 10.3 Å². The van der Waals surface area contributed by atoms with E-state index in [2.05, 4.69) is 10.3 Å². The summed E-state index contributed by atoms with van der Waals surface area (Å²) in [5.74, 6) is -1.05. The minimum atomic E-state index is -4.42. The molecule has 0 aliphatic carbocycles. The Morgan fingerprint density at radius 2 is 1.92 bits per heavy atom. The molecule has 136 valence electrons. The molecular formula is C19H17F3N2O2. The van der Waals surface area contributed by atoms with Gasteiger partial charge in [0, 0.05) is 30.1 Å². The molecule has 1 aromatic heterocycles. The standard InChI is InChI=1S/C19H17F3N2O2/c20-19(21,22)14-5-3-4-12(8-14)10-23-17(18(25)26)9-13-11-24-16-7-2-1-6-15(13)16/h1-8,11,17,23-24H,9-10H2,(H,25,26)/t17-/m0/s1. The molecule has 0 fully saturated rings. The molecule has 0 amide bonds. The average molecular weight is 362 g/mol. The molecule has 0 aliphatic heterocycles. The Bertz CT molecular complexity index is 918. The number of benzene rings is 2. The number of alkyl halides is 3. The number of H-pyrrole nitrogens is 1. The summed E-state index contributed by atoms with van der Waals surface area (Å²) >= 11 is 0. The Kier molecular flexibility index (Phi) is 4.99. The number of carboxylic acids is 1. The van der Waals surface area contributed by atoms with Gasteiger partial charge in [-0.3, -0.25) is 4.79 Å². The predicted molar refractivity (Wildman–Crippen MR) is 91.7 cm³/mol. The zero-order valence-corrected chi connectivity index (χ0v) is 13.7. The van der Waals surface area contributed by atoms with E-state index in [1.807, 2.05) is 24.3 Å². The number of carboxylic acid groups (broad SMARTS) is 1. The van der Waals surface area contributed by atoms with Crippen molar-refractivity contribution < 1.29 is 23.1 Å². The zero-order valence-electron chi connectivity index (χ0n) is 13.7. The highest BCUT2D eigenvalue weighted by molar-refractivity contribution is 5.84. The largest absolute Gasteiger partial charge is 0.480 e. The first-order valence-corrected chi connectivity index (χ1v) is 8.02. The van der Waals surface area contributed by atoms with Crippen LogP contribution in [0, 0.1) is 0 Å². The lowest BCUT2D eigenvalue weighted by atomic mass is 10.0. The molecular weight excluding hydrogens is 345 g/mol. The summed E-state index contributed by atoms with van der Waals surface area (Å²) in [4.78, 5) is 14.6. The van der Waals surface area contributed by atoms with Crippen molar-refractivity contribution >= 4 is 16.9 Å². The lowest BCUT2D eigenvalue weighted by Crippen LogP contribution is -2.38. The maximum atomic E-state index is 12.8. The first-order valence-electron chi connectivity index (χ1n) is 8.02. The van der Waals surface area contributed by atoms with Gasteiger partial charge in [0.25, 0.3) is 0 Å². The normalized spacial score (nSPS) is 13.0. The third-order valence-corrected chi connectivity index (χ3v) is 4.20. The number of para-hydroxylation sites is 1. The Morgan fingerprint density at radius 1 is 1.15 bits per heavy atom. The third kappa shape index (κ3) is 4.05. The molecule has 0 unspecified atom stereocenters. The fraction of sp³-hybridized carbons (Fsp3) is 0.211. The summed E-state index contributed by atoms with van der Waals surface area (Å²) in [6, 6.07) is 11.5. The number of rotatable bonds is 6. The number of aromatic nitrogens is 1. The van der Waals surface area contributed by atoms with Gasteiger partial charge in [0.1, 0.15) is 6.04 Å². The topological polar surface area (TPSA) is 65.1 Å². The number of hydrogen-bond donors (Lipinski definition) is 3. The Balaban J connectivity index is 1.73. The van der Waals surface area contributed by atoms with E-state index in [0.717, 1.165) is 28.6 Å². The van der Waals surface area contributed by atoms with Crippen LogP contribution in [0.1, 0.15) is 16.7 Å². The number of aromatic amines is 1. The lowest BCUT2D eigenvalue weighted by Gasteiger charge is -2.15. The molecule has 3 aromatic rings. The van der Waals surface area contributed by atoms with E-state index in [1.165, 1.54) is 12.1 Å². The Hall–Kier alpha value is -2.80. The van der Waals surface area contributed by atoms with Gasteiger partial charge in [-0.05, 0) is 23.3 Å². The van der Waals surface area contributed by atoms with Crippen LogP contribution in [-0.4, -0.2) is 22.1 Å². The molecule has 1 atom stereocenters. The predicted octanol–water partition coefficient (Wildman–Crippen LogP) is 3.97. The first-order chi connectivity index (χ1) is 12.3. The molecule has 0 aliphatic rings. The minimum absolute atomic E-state index is 0.0310. The van der Waals surface area contributed by atoms with Gasteiger partial charge in [-0.2, -0.15) is 13.2 Å². The van der Waals surface area contributed by atoms with Crippen molar-refractivity contribution in [2.24, 2.45) is 0 Å². The van der Waals surface area contributed by atoms with Crippen LogP contribution in [0.3, 0.4) is 0 Å². The second-order valence-electron chi connectivity index (χ2n) is 6.03. The molecule has 3 rings (SSSR count). The van der Waals surface area contributed by atoms with Crippen molar-refractivity contribution in [2.75, 3.05) is 0 Å². The molecule has 7 heteroatoms. The lowest BCUT2D eigenvalue weighted by molar-refractivity contribution is -0.140. The van der Waals surface area contributed by atoms with E-state index in [0.29, 0.717) is 5.56 Å². The quantitative estimate of drug-likeness (QED) is 0.622. The van der Waals surface area contributed by atoms with Crippen LogP contribution in [0.4, 0.5) is 13.2 Å². The SMILES string of the molecule is O=C(O)[C@H](Cc1c[nH]c2ccccc12)NCc1cccc(C(F)(F)F)c1. The second-order valence-corrected chi connectivity index (χ2v) is 6.03. The van der Waals surface area contributed by atoms with E-state index in [9.17, 15) is 23.1 Å². The number of aliphatic carboxylic acids is 1. The van der Waals surface area contributed by atoms with Gasteiger partial charge in [0.2, 0.25) is 0 Å². The summed E-state index contributed by atoms with van der Waals surface area (Å²) < 4.78 is 38.3. The van der Waals surface area contributed by atoms with Crippen LogP contribution in [0.25, 0.3) is 10.9 Å². The summed E-state index contributed by atoms with van der Waals surface area (Å²) in [7, 11) is 0. The fourth-order valence-electron chi connectivity index (χ4n) is 2.87. The van der Waals surface area contributed by atoms with E-state index in [4.69, 9.17) is 0 Å². The minimum Gasteiger partial charge on any atom is -0.480 e. The maximum Gasteiger partial charge on any atom is 0.416 e. The van der Waals surface area contributed by atoms with Crippen molar-refractivity contribution in [3.05, 3.63) is 71.4 Å². The van der Waals surface area contributed by atoms with Crippen LogP contribution >= 0.6 is 0 Å². The number of fused-ring (bicyclic) bond motifs is 1. The summed E-state index contributed by atoms with van der Waals surface area (Å²) in [6.45, 7) is 0.0310. The van der Waals surface area contributed by atoms with E-state index < -0.39 is 23.8 Å². The molecule has 0 saturated heterocycles. The monoisotopic (exact) mass is 362 g/mol. The molecule has 0 saturated carbocycles. The van der Waals surface area contributed by atoms with E-state index in [1.54, 1.807) is 6.20 Å². The Morgan fingerprint density at radius 3 is 2.65 bits per heavy atom. The highest BCUT2D eigenvalue weighted by atomic mass is 19.4. The van der Waals surface area contributed by atoms with Crippen LogP contribution in [0.15, 0.2) is 54.7 Å². The maximum absolute atomic E-state index is 12.8. The van der Waals surface area contributed by atoms with Crippen molar-refractivity contribution in [3.8, 4) is 0 Å². The highest BCUT2D eigenvalue weighted by Gasteiger charge is 2.30. The van der Waals surface area contributed by atoms with Gasteiger partial charge in [-0.25, -0.2) is 0 Å². The van der Waals surface area contributed by atoms with Gasteiger partial charge in [-0.1, -0.05) is 36.4 Å². The van der Waals surface area contributed by atoms with Crippen LogP contribution in [0.5, 0.6) is 0 Å². The van der Waals surface area contributed by atoms with Gasteiger partial charge in [0.15, 0.2) is 0 Å². The number of halogens is 3. The number of hydrogen-bond acceptors (Lipinski definition) is 2. The number of nitrogens with one attached hydrogen (secondary N) is 2. The smallest absolute Gasteiger partial charge is 0.416 e. The van der Waals surface area contributed by atoms with Crippen molar-refractivity contribution in [2.45, 2.75) is 25.2 Å². The molecule has 3 N–H and O–H groups in total. The first kappa shape index (κ1) is 18.0. The fourth-order valence-corrected chi connectivity index (χ4v) is 2.87. The molecule has 26 heavy (non-hydrogen) atoms. The molecule has 1 heterocycles. The van der Waals surface area contributed by atoms with Gasteiger partial charge in [0.05, 0.1) is 5.56 Å². The van der Waals surface area contributed by atoms with Crippen LogP contribution in [-0.2, 0) is 23.9 Å². The molecule has 0 radical (unpaired) electrons. The average Bonchev–Trinajstić information content (AvgIpc) is 3.01. The summed E-state index contributed by atoms with van der Waals surface area (Å²) in [5.41, 5.74) is 1.37. The molecule has 2 aromatic carbocycles. The highest BCUT2D eigenvalue weighted by Crippen LogP contribution is 2.29. The van der Waals surface area contributed by atoms with Crippen molar-refractivity contribution in [1.29, 1.82) is 0 Å². The van der Waals surface area contributed by atoms with Crippen LogP contribution in [0.2, 0.25) is 0 Å². The van der Waals surface area contributed by atoms with Crippen molar-refractivity contribution in [3.63, 3.8) is 0 Å². The molecule has 0 spiro atoms. The van der Waals surface area contributed by atoms with Gasteiger partial charge < -0.3 is 15.4 Å². The van der Waals surface area contributed by atoms with E-state index in [-0.39, 0.29) is 13.0 Å². The van der Waals surface area contributed by atoms with Crippen LogP contribution < -0.4 is 5.32 Å². The van der Waals surface area contributed by atoms with Gasteiger partial charge >= 0.3 is 12.1 Å². The van der Waals surface area contributed by atoms with E-state index >= 15 is 0 Å².